The number of halogens is 4. The molecule has 0 aromatic carbocycles. The standard InChI is InChI=1S/4FH.Na.Zn.Zr.H/h4*1H;;;;/q;;;;;;+4;/p-4. The van der Waals surface area contributed by atoms with Gasteiger partial charge >= 0.3 is 62.8 Å². The maximum Gasteiger partial charge on any atom is 0 e. The molecule has 0 fully saturated rings. The number of hydrogen-bond acceptors (Lipinski definition) is 0. The Labute approximate surface area is 81.0 Å². The monoisotopic (exact) mass is 254 g/mol. The Balaban J connectivity index is -0.0000000800. The minimum Gasteiger partial charge on any atom is 0 e. The molecule has 0 aliphatic carbocycles. The third-order valence-electron chi connectivity index (χ3n) is 0. The van der Waals surface area contributed by atoms with E-state index in [0.717, 1.165) is 0 Å². The smallest absolute Gasteiger partial charge is 0 e. The van der Waals surface area contributed by atoms with E-state index in [1.807, 2.05) is 0 Å². The molecule has 0 nitrogen and oxygen atoms in total. The average molecular weight is 257 g/mol. The molecule has 0 saturated carbocycles. The fourth-order valence-electron chi connectivity index (χ4n) is 0. The van der Waals surface area contributed by atoms with Gasteiger partial charge in [0.15, 0.2) is 0 Å². The Morgan fingerprint density at radius 3 is 0.857 bits per heavy atom. The molecule has 0 aliphatic rings. The number of rotatable bonds is 0. The summed E-state index contributed by atoms with van der Waals surface area (Å²) >= 11 is -7.18. The van der Waals surface area contributed by atoms with E-state index in [9.17, 15) is 10.5 Å². The van der Waals surface area contributed by atoms with Crippen molar-refractivity contribution in [2.75, 3.05) is 0 Å². The van der Waals surface area contributed by atoms with Crippen LogP contribution in [-0.4, -0.2) is 29.6 Å². The van der Waals surface area contributed by atoms with Gasteiger partial charge in [-0.2, -0.15) is 0 Å². The molecule has 0 amide bonds. The van der Waals surface area contributed by atoms with Gasteiger partial charge in [-0.25, -0.2) is 0 Å². The molecular formula is HF4NaZnZr. The van der Waals surface area contributed by atoms with Crippen LogP contribution in [0.25, 0.3) is 0 Å². The van der Waals surface area contributed by atoms with Crippen molar-refractivity contribution in [3.05, 3.63) is 0 Å². The summed E-state index contributed by atoms with van der Waals surface area (Å²) in [6, 6.07) is 0. The molecule has 0 bridgehead atoms. The van der Waals surface area contributed by atoms with Crippen molar-refractivity contribution in [2.24, 2.45) is 0 Å². The minimum absolute atomic E-state index is 0. The van der Waals surface area contributed by atoms with Crippen molar-refractivity contribution in [1.29, 1.82) is 0 Å². The quantitative estimate of drug-likeness (QED) is 0.449. The first kappa shape index (κ1) is 16.1. The van der Waals surface area contributed by atoms with Gasteiger partial charge in [0, 0.05) is 19.5 Å². The predicted octanol–water partition coefficient (Wildman–Crippen LogP) is 1.03. The fourth-order valence-corrected chi connectivity index (χ4v) is 0. The zero-order valence-corrected chi connectivity index (χ0v) is 8.14. The molecule has 7 heteroatoms. The summed E-state index contributed by atoms with van der Waals surface area (Å²) < 4.78 is 39.6. The van der Waals surface area contributed by atoms with E-state index >= 15 is 0 Å². The summed E-state index contributed by atoms with van der Waals surface area (Å²) in [6.07, 6.45) is 0. The van der Waals surface area contributed by atoms with Crippen molar-refractivity contribution < 1.29 is 52.7 Å². The third-order valence-corrected chi connectivity index (χ3v) is 0. The zero-order chi connectivity index (χ0) is 4.50. The van der Waals surface area contributed by atoms with Gasteiger partial charge in [0.25, 0.3) is 0 Å². The third kappa shape index (κ3) is 64.3. The van der Waals surface area contributed by atoms with Crippen LogP contribution >= 0.6 is 0 Å². The second kappa shape index (κ2) is 6.35. The largest absolute Gasteiger partial charge is 0 e. The Bertz CT molecular complexity index is 27.2. The van der Waals surface area contributed by atoms with Gasteiger partial charge in [-0.15, -0.1) is 0 Å². The molecular weight excluding hydrogens is 256 g/mol. The summed E-state index contributed by atoms with van der Waals surface area (Å²) in [4.78, 5) is 0. The van der Waals surface area contributed by atoms with E-state index in [0.29, 0.717) is 0 Å². The van der Waals surface area contributed by atoms with Gasteiger partial charge < -0.3 is 0 Å². The molecule has 0 unspecified atom stereocenters. The molecule has 0 N–H and O–H groups in total. The van der Waals surface area contributed by atoms with Crippen LogP contribution in [0.15, 0.2) is 0 Å². The molecule has 36 valence electrons. The molecule has 0 rings (SSSR count). The minimum atomic E-state index is -7.18. The molecule has 0 heterocycles. The van der Waals surface area contributed by atoms with E-state index in [-0.39, 0.29) is 49.0 Å². The van der Waals surface area contributed by atoms with E-state index in [2.05, 4.69) is 0 Å². The van der Waals surface area contributed by atoms with Crippen molar-refractivity contribution in [3.8, 4) is 0 Å². The van der Waals surface area contributed by atoms with E-state index in [1.54, 1.807) is 0 Å². The Hall–Kier alpha value is 2.23. The second-order valence-electron chi connectivity index (χ2n) is 0.429. The summed E-state index contributed by atoms with van der Waals surface area (Å²) in [7, 11) is 0. The van der Waals surface area contributed by atoms with Crippen LogP contribution in [0, 0.1) is 0 Å². The van der Waals surface area contributed by atoms with E-state index in [1.165, 1.54) is 0 Å². The Morgan fingerprint density at radius 1 is 0.857 bits per heavy atom. The van der Waals surface area contributed by atoms with Crippen molar-refractivity contribution in [2.45, 2.75) is 0 Å². The molecule has 7 heavy (non-hydrogen) atoms. The summed E-state index contributed by atoms with van der Waals surface area (Å²) in [5.41, 5.74) is 0. The van der Waals surface area contributed by atoms with Gasteiger partial charge in [-0.1, -0.05) is 0 Å². The van der Waals surface area contributed by atoms with Gasteiger partial charge in [-0.3, -0.25) is 0 Å². The van der Waals surface area contributed by atoms with Crippen LogP contribution in [0.4, 0.5) is 10.5 Å². The topological polar surface area (TPSA) is 0 Å². The van der Waals surface area contributed by atoms with Crippen molar-refractivity contribution >= 4 is 29.6 Å². The van der Waals surface area contributed by atoms with Gasteiger partial charge in [-0.05, 0) is 0 Å². The molecule has 0 aromatic heterocycles. The van der Waals surface area contributed by atoms with E-state index < -0.39 is 22.7 Å². The fraction of sp³-hybridized carbons (Fsp3) is 0. The summed E-state index contributed by atoms with van der Waals surface area (Å²) in [5, 5.41) is 0. The van der Waals surface area contributed by atoms with E-state index in [4.69, 9.17) is 0 Å². The Morgan fingerprint density at radius 2 is 0.857 bits per heavy atom. The van der Waals surface area contributed by atoms with Crippen LogP contribution in [0.3, 0.4) is 0 Å². The van der Waals surface area contributed by atoms with Crippen LogP contribution in [0.5, 0.6) is 0 Å². The Kier molecular flexibility index (Phi) is 14.6. The van der Waals surface area contributed by atoms with Gasteiger partial charge in [0.05, 0.1) is 0 Å². The first-order chi connectivity index (χ1) is 2.00. The van der Waals surface area contributed by atoms with Crippen molar-refractivity contribution in [3.63, 3.8) is 0 Å². The van der Waals surface area contributed by atoms with Crippen LogP contribution in [-0.2, 0) is 42.2 Å². The second-order valence-corrected chi connectivity index (χ2v) is 2.54. The molecule has 0 radical (unpaired) electrons. The average Bonchev–Trinajstić information content (AvgIpc) is 0.722. The van der Waals surface area contributed by atoms with Crippen LogP contribution < -0.4 is 0 Å². The molecule has 0 spiro atoms. The number of hydrogen-bond donors (Lipinski definition) is 0. The molecule has 0 atom stereocenters. The van der Waals surface area contributed by atoms with Crippen LogP contribution in [0.2, 0.25) is 0 Å². The first-order valence-electron chi connectivity index (χ1n) is 0.756. The SMILES string of the molecule is [F][Zr]([F])([F])[F].[NaH].[Zn]. The first-order valence-corrected chi connectivity index (χ1v) is 4.47. The van der Waals surface area contributed by atoms with Gasteiger partial charge in [0.1, 0.15) is 0 Å². The van der Waals surface area contributed by atoms with Crippen LogP contribution in [0.1, 0.15) is 0 Å². The normalized spacial score (nSPS) is 8.57. The summed E-state index contributed by atoms with van der Waals surface area (Å²) in [6.45, 7) is 0. The molecule has 0 aromatic rings. The maximum absolute atomic E-state index is 9.90. The summed E-state index contributed by atoms with van der Waals surface area (Å²) in [5.74, 6) is 0. The maximum atomic E-state index is 9.90. The zero-order valence-electron chi connectivity index (χ0n) is 2.72. The predicted molar refractivity (Wildman–Crippen MR) is 11.6 cm³/mol. The van der Waals surface area contributed by atoms with Crippen molar-refractivity contribution in [1.82, 2.24) is 0 Å². The molecule has 0 saturated heterocycles. The van der Waals surface area contributed by atoms with Gasteiger partial charge in [0.2, 0.25) is 0 Å². The molecule has 0 aliphatic heterocycles.